The SMILES string of the molecule is CCN(CCCNC(=O)c1cc(-c2ccccc2C(F)(F)F)nc2onc(C)c12)S(C)(=O)=O. The lowest BCUT2D eigenvalue weighted by Gasteiger charge is -2.17. The first kappa shape index (κ1) is 24.6. The predicted molar refractivity (Wildman–Crippen MR) is 116 cm³/mol. The Labute approximate surface area is 188 Å². The number of nitrogens with zero attached hydrogens (tertiary/aromatic N) is 3. The summed E-state index contributed by atoms with van der Waals surface area (Å²) in [6.45, 7) is 3.99. The second-order valence-corrected chi connectivity index (χ2v) is 9.39. The zero-order valence-electron chi connectivity index (χ0n) is 18.2. The third kappa shape index (κ3) is 5.50. The van der Waals surface area contributed by atoms with E-state index in [-0.39, 0.29) is 35.6 Å². The molecule has 1 N–H and O–H groups in total. The summed E-state index contributed by atoms with van der Waals surface area (Å²) in [6.07, 6.45) is -3.15. The Morgan fingerprint density at radius 1 is 1.24 bits per heavy atom. The van der Waals surface area contributed by atoms with Crippen molar-refractivity contribution in [2.24, 2.45) is 0 Å². The van der Waals surface area contributed by atoms with Gasteiger partial charge in [0, 0.05) is 25.2 Å². The molecule has 33 heavy (non-hydrogen) atoms. The van der Waals surface area contributed by atoms with E-state index in [2.05, 4.69) is 15.5 Å². The summed E-state index contributed by atoms with van der Waals surface area (Å²) in [5.74, 6) is -0.554. The molecule has 0 aliphatic rings. The van der Waals surface area contributed by atoms with Crippen molar-refractivity contribution in [1.82, 2.24) is 19.8 Å². The van der Waals surface area contributed by atoms with Gasteiger partial charge in [0.05, 0.1) is 34.2 Å². The summed E-state index contributed by atoms with van der Waals surface area (Å²) in [5, 5.41) is 6.77. The molecule has 0 spiro atoms. The van der Waals surface area contributed by atoms with Gasteiger partial charge in [-0.25, -0.2) is 17.7 Å². The highest BCUT2D eigenvalue weighted by atomic mass is 32.2. The lowest BCUT2D eigenvalue weighted by molar-refractivity contribution is -0.137. The van der Waals surface area contributed by atoms with Crippen molar-refractivity contribution in [3.05, 3.63) is 47.2 Å². The predicted octanol–water partition coefficient (Wildman–Crippen LogP) is 3.62. The van der Waals surface area contributed by atoms with Crippen molar-refractivity contribution < 1.29 is 30.9 Å². The number of aryl methyl sites for hydroxylation is 1. The van der Waals surface area contributed by atoms with Gasteiger partial charge in [-0.3, -0.25) is 4.79 Å². The monoisotopic (exact) mass is 484 g/mol. The third-order valence-electron chi connectivity index (χ3n) is 5.06. The summed E-state index contributed by atoms with van der Waals surface area (Å²) in [7, 11) is -3.35. The van der Waals surface area contributed by atoms with Crippen molar-refractivity contribution in [3.8, 4) is 11.3 Å². The second kappa shape index (κ2) is 9.48. The fourth-order valence-electron chi connectivity index (χ4n) is 3.48. The standard InChI is InChI=1S/C21H23F3N4O4S/c1-4-28(33(3,30)31)11-7-10-25-19(29)15-12-17(26-20-18(15)13(2)27-32-20)14-8-5-6-9-16(14)21(22,23)24/h5-6,8-9,12H,4,7,10-11H2,1-3H3,(H,25,29). The summed E-state index contributed by atoms with van der Waals surface area (Å²) in [5.41, 5.74) is -0.775. The maximum atomic E-state index is 13.5. The van der Waals surface area contributed by atoms with Gasteiger partial charge in [-0.1, -0.05) is 30.3 Å². The minimum Gasteiger partial charge on any atom is -0.352 e. The van der Waals surface area contributed by atoms with Gasteiger partial charge in [0.15, 0.2) is 0 Å². The number of amides is 1. The Balaban J connectivity index is 1.91. The van der Waals surface area contributed by atoms with Crippen LogP contribution in [0, 0.1) is 6.92 Å². The molecule has 3 rings (SSSR count). The van der Waals surface area contributed by atoms with Crippen LogP contribution < -0.4 is 5.32 Å². The first-order valence-electron chi connectivity index (χ1n) is 10.1. The van der Waals surface area contributed by atoms with E-state index in [0.717, 1.165) is 12.3 Å². The van der Waals surface area contributed by atoms with Crippen LogP contribution in [0.2, 0.25) is 0 Å². The van der Waals surface area contributed by atoms with Crippen LogP contribution in [0.5, 0.6) is 0 Å². The molecule has 0 bridgehead atoms. The molecule has 1 amide bonds. The van der Waals surface area contributed by atoms with E-state index >= 15 is 0 Å². The Morgan fingerprint density at radius 3 is 2.58 bits per heavy atom. The topological polar surface area (TPSA) is 105 Å². The van der Waals surface area contributed by atoms with Crippen LogP contribution in [-0.2, 0) is 16.2 Å². The van der Waals surface area contributed by atoms with Crippen molar-refractivity contribution in [2.75, 3.05) is 25.9 Å². The van der Waals surface area contributed by atoms with Gasteiger partial charge in [0.1, 0.15) is 0 Å². The molecule has 2 aromatic heterocycles. The molecule has 0 aliphatic heterocycles. The van der Waals surface area contributed by atoms with E-state index in [1.807, 2.05) is 0 Å². The largest absolute Gasteiger partial charge is 0.417 e. The van der Waals surface area contributed by atoms with Crippen molar-refractivity contribution >= 4 is 27.0 Å². The maximum Gasteiger partial charge on any atom is 0.417 e. The fraction of sp³-hybridized carbons (Fsp3) is 0.381. The Morgan fingerprint density at radius 2 is 1.94 bits per heavy atom. The van der Waals surface area contributed by atoms with Gasteiger partial charge in [-0.05, 0) is 25.5 Å². The van der Waals surface area contributed by atoms with Crippen LogP contribution >= 0.6 is 0 Å². The molecule has 12 heteroatoms. The minimum absolute atomic E-state index is 0.0543. The molecule has 1 aromatic carbocycles. The molecule has 0 fully saturated rings. The molecule has 3 aromatic rings. The van der Waals surface area contributed by atoms with Gasteiger partial charge < -0.3 is 9.84 Å². The molecular weight excluding hydrogens is 461 g/mol. The molecule has 0 saturated heterocycles. The average molecular weight is 485 g/mol. The third-order valence-corrected chi connectivity index (χ3v) is 6.44. The van der Waals surface area contributed by atoms with Gasteiger partial charge >= 0.3 is 6.18 Å². The lowest BCUT2D eigenvalue weighted by Crippen LogP contribution is -2.33. The number of aromatic nitrogens is 2. The first-order chi connectivity index (χ1) is 15.4. The van der Waals surface area contributed by atoms with Crippen LogP contribution in [0.15, 0.2) is 34.9 Å². The van der Waals surface area contributed by atoms with Crippen LogP contribution in [0.1, 0.15) is 35.0 Å². The van der Waals surface area contributed by atoms with E-state index in [0.29, 0.717) is 24.0 Å². The van der Waals surface area contributed by atoms with Crippen LogP contribution in [0.3, 0.4) is 0 Å². The Hall–Kier alpha value is -2.99. The van der Waals surface area contributed by atoms with Crippen LogP contribution in [0.4, 0.5) is 13.2 Å². The fourth-order valence-corrected chi connectivity index (χ4v) is 4.41. The second-order valence-electron chi connectivity index (χ2n) is 7.41. The molecular formula is C21H23F3N4O4S. The summed E-state index contributed by atoms with van der Waals surface area (Å²) in [6, 6.07) is 6.21. The molecule has 178 valence electrons. The molecule has 0 saturated carbocycles. The van der Waals surface area contributed by atoms with E-state index in [4.69, 9.17) is 4.52 Å². The number of sulfonamides is 1. The minimum atomic E-state index is -4.61. The number of carbonyl (C=O) groups excluding carboxylic acids is 1. The summed E-state index contributed by atoms with van der Waals surface area (Å²) in [4.78, 5) is 17.1. The zero-order valence-corrected chi connectivity index (χ0v) is 19.0. The van der Waals surface area contributed by atoms with Gasteiger partial charge in [0.2, 0.25) is 10.0 Å². The summed E-state index contributed by atoms with van der Waals surface area (Å²) >= 11 is 0. The lowest BCUT2D eigenvalue weighted by atomic mass is 10.0. The van der Waals surface area contributed by atoms with Crippen molar-refractivity contribution in [1.29, 1.82) is 0 Å². The number of carbonyl (C=O) groups is 1. The van der Waals surface area contributed by atoms with E-state index in [9.17, 15) is 26.4 Å². The van der Waals surface area contributed by atoms with Crippen molar-refractivity contribution in [3.63, 3.8) is 0 Å². The molecule has 0 unspecified atom stereocenters. The molecule has 0 aliphatic carbocycles. The smallest absolute Gasteiger partial charge is 0.352 e. The molecule has 0 radical (unpaired) electrons. The zero-order chi connectivity index (χ0) is 24.4. The highest BCUT2D eigenvalue weighted by Gasteiger charge is 2.34. The molecule has 2 heterocycles. The number of fused-ring (bicyclic) bond motifs is 1. The Kier molecular flexibility index (Phi) is 7.08. The number of alkyl halides is 3. The highest BCUT2D eigenvalue weighted by molar-refractivity contribution is 7.88. The first-order valence-corrected chi connectivity index (χ1v) is 11.9. The summed E-state index contributed by atoms with van der Waals surface area (Å²) < 4.78 is 70.3. The number of halogens is 3. The Bertz CT molecular complexity index is 1270. The quantitative estimate of drug-likeness (QED) is 0.490. The van der Waals surface area contributed by atoms with Crippen molar-refractivity contribution in [2.45, 2.75) is 26.4 Å². The molecule has 0 atom stereocenters. The number of benzene rings is 1. The normalized spacial score (nSPS) is 12.5. The average Bonchev–Trinajstić information content (AvgIpc) is 3.12. The van der Waals surface area contributed by atoms with E-state index in [1.165, 1.54) is 28.6 Å². The van der Waals surface area contributed by atoms with Gasteiger partial charge in [0.25, 0.3) is 11.6 Å². The maximum absolute atomic E-state index is 13.5. The van der Waals surface area contributed by atoms with Gasteiger partial charge in [-0.15, -0.1) is 0 Å². The van der Waals surface area contributed by atoms with Gasteiger partial charge in [-0.2, -0.15) is 13.2 Å². The van der Waals surface area contributed by atoms with Crippen LogP contribution in [0.25, 0.3) is 22.4 Å². The number of nitrogens with one attached hydrogen (secondary N) is 1. The van der Waals surface area contributed by atoms with E-state index < -0.39 is 27.7 Å². The number of hydrogen-bond donors (Lipinski definition) is 1. The number of pyridine rings is 1. The molecule has 8 nitrogen and oxygen atoms in total. The number of hydrogen-bond acceptors (Lipinski definition) is 6. The highest BCUT2D eigenvalue weighted by Crippen LogP contribution is 2.37. The number of rotatable bonds is 8. The van der Waals surface area contributed by atoms with E-state index in [1.54, 1.807) is 13.8 Å². The van der Waals surface area contributed by atoms with Crippen LogP contribution in [-0.4, -0.2) is 54.7 Å².